The average molecular weight is 447 g/mol. The fourth-order valence-electron chi connectivity index (χ4n) is 2.31. The van der Waals surface area contributed by atoms with Gasteiger partial charge in [0.15, 0.2) is 11.7 Å². The lowest BCUT2D eigenvalue weighted by Gasteiger charge is -2.11. The molecule has 0 aromatic carbocycles. The van der Waals surface area contributed by atoms with E-state index in [1.807, 2.05) is 13.0 Å². The Labute approximate surface area is 159 Å². The molecule has 0 radical (unpaired) electrons. The van der Waals surface area contributed by atoms with E-state index in [9.17, 15) is 0 Å². The normalized spacial score (nSPS) is 11.2. The van der Waals surface area contributed by atoms with Crippen LogP contribution in [0.1, 0.15) is 49.2 Å². The van der Waals surface area contributed by atoms with E-state index < -0.39 is 0 Å². The quantitative estimate of drug-likeness (QED) is 0.386. The van der Waals surface area contributed by atoms with Crippen molar-refractivity contribution < 1.29 is 9.05 Å². The van der Waals surface area contributed by atoms with E-state index in [4.69, 9.17) is 9.05 Å². The minimum Gasteiger partial charge on any atom is -0.361 e. The van der Waals surface area contributed by atoms with Crippen molar-refractivity contribution in [1.82, 2.24) is 20.9 Å². The summed E-state index contributed by atoms with van der Waals surface area (Å²) in [5.41, 5.74) is 3.06. The Morgan fingerprint density at radius 1 is 1.04 bits per heavy atom. The number of hydrogen-bond acceptors (Lipinski definition) is 5. The van der Waals surface area contributed by atoms with Crippen LogP contribution in [0.5, 0.6) is 0 Å². The van der Waals surface area contributed by atoms with Gasteiger partial charge in [-0.25, -0.2) is 0 Å². The zero-order valence-corrected chi connectivity index (χ0v) is 17.0. The summed E-state index contributed by atoms with van der Waals surface area (Å²) in [7, 11) is 1.74. The zero-order chi connectivity index (χ0) is 16.7. The van der Waals surface area contributed by atoms with Gasteiger partial charge in [-0.1, -0.05) is 31.1 Å². The highest BCUT2D eigenvalue weighted by Crippen LogP contribution is 2.15. The molecule has 2 aromatic heterocycles. The second kappa shape index (κ2) is 10.3. The number of nitrogens with zero attached hydrogens (tertiary/aromatic N) is 3. The molecule has 0 aliphatic rings. The Bertz CT molecular complexity index is 629. The molecule has 0 spiro atoms. The zero-order valence-electron chi connectivity index (χ0n) is 14.7. The van der Waals surface area contributed by atoms with E-state index in [1.165, 1.54) is 0 Å². The van der Waals surface area contributed by atoms with E-state index in [-0.39, 0.29) is 24.0 Å². The van der Waals surface area contributed by atoms with E-state index in [1.54, 1.807) is 7.05 Å². The molecule has 24 heavy (non-hydrogen) atoms. The molecule has 0 aliphatic carbocycles. The Hall–Kier alpha value is -1.58. The van der Waals surface area contributed by atoms with Crippen LogP contribution in [0.4, 0.5) is 0 Å². The summed E-state index contributed by atoms with van der Waals surface area (Å²) in [4.78, 5) is 4.22. The third-order valence-corrected chi connectivity index (χ3v) is 3.66. The van der Waals surface area contributed by atoms with Gasteiger partial charge in [0.2, 0.25) is 0 Å². The molecule has 7 nitrogen and oxygen atoms in total. The minimum atomic E-state index is 0. The molecule has 0 amide bonds. The molecule has 0 saturated heterocycles. The maximum Gasteiger partial charge on any atom is 0.191 e. The van der Waals surface area contributed by atoms with E-state index in [0.717, 1.165) is 47.7 Å². The number of aliphatic imine (C=N–C) groups is 1. The Balaban J connectivity index is 0.00000288. The van der Waals surface area contributed by atoms with E-state index in [0.29, 0.717) is 19.0 Å². The van der Waals surface area contributed by atoms with Crippen molar-refractivity contribution >= 4 is 29.9 Å². The van der Waals surface area contributed by atoms with Gasteiger partial charge in [-0.3, -0.25) is 4.99 Å². The number of aromatic nitrogens is 2. The first-order valence-electron chi connectivity index (χ1n) is 8.06. The van der Waals surface area contributed by atoms with E-state index in [2.05, 4.69) is 39.8 Å². The van der Waals surface area contributed by atoms with E-state index >= 15 is 0 Å². The predicted octanol–water partition coefficient (Wildman–Crippen LogP) is 2.83. The summed E-state index contributed by atoms with van der Waals surface area (Å²) in [5, 5.41) is 14.6. The van der Waals surface area contributed by atoms with Crippen molar-refractivity contribution in [2.45, 2.75) is 53.1 Å². The van der Waals surface area contributed by atoms with Gasteiger partial charge in [0.1, 0.15) is 5.76 Å². The number of rotatable bonds is 7. The molecule has 2 N–H and O–H groups in total. The molecular weight excluding hydrogens is 421 g/mol. The summed E-state index contributed by atoms with van der Waals surface area (Å²) >= 11 is 0. The Kier molecular flexibility index (Phi) is 8.80. The summed E-state index contributed by atoms with van der Waals surface area (Å²) in [6.07, 6.45) is 2.54. The van der Waals surface area contributed by atoms with Crippen LogP contribution in [0.3, 0.4) is 0 Å². The highest BCUT2D eigenvalue weighted by molar-refractivity contribution is 14.0. The van der Waals surface area contributed by atoms with Crippen molar-refractivity contribution in [3.05, 3.63) is 34.5 Å². The predicted molar refractivity (Wildman–Crippen MR) is 104 cm³/mol. The molecule has 0 fully saturated rings. The molecule has 0 atom stereocenters. The third kappa shape index (κ3) is 5.22. The fraction of sp³-hybridized carbons (Fsp3) is 0.562. The lowest BCUT2D eigenvalue weighted by Crippen LogP contribution is -2.36. The molecule has 2 rings (SSSR count). The summed E-state index contributed by atoms with van der Waals surface area (Å²) in [6, 6.07) is 1.95. The largest absolute Gasteiger partial charge is 0.361 e. The maximum absolute atomic E-state index is 5.37. The van der Waals surface area contributed by atoms with Gasteiger partial charge in [0.05, 0.1) is 17.9 Å². The van der Waals surface area contributed by atoms with Crippen molar-refractivity contribution in [2.24, 2.45) is 4.99 Å². The average Bonchev–Trinajstić information content (AvgIpc) is 3.20. The molecule has 0 bridgehead atoms. The van der Waals surface area contributed by atoms with Crippen LogP contribution in [-0.2, 0) is 32.4 Å². The highest BCUT2D eigenvalue weighted by Gasteiger charge is 2.13. The van der Waals surface area contributed by atoms with Crippen LogP contribution in [0.25, 0.3) is 0 Å². The molecule has 0 saturated carbocycles. The van der Waals surface area contributed by atoms with Gasteiger partial charge in [-0.05, 0) is 12.8 Å². The van der Waals surface area contributed by atoms with Gasteiger partial charge >= 0.3 is 0 Å². The lowest BCUT2D eigenvalue weighted by molar-refractivity contribution is 0.374. The van der Waals surface area contributed by atoms with Crippen LogP contribution in [0.2, 0.25) is 0 Å². The molecule has 8 heteroatoms. The number of guanidine groups is 1. The fourth-order valence-corrected chi connectivity index (χ4v) is 2.31. The second-order valence-electron chi connectivity index (χ2n) is 5.16. The topological polar surface area (TPSA) is 88.5 Å². The van der Waals surface area contributed by atoms with Crippen molar-refractivity contribution in [3.8, 4) is 0 Å². The first kappa shape index (κ1) is 20.5. The maximum atomic E-state index is 5.37. The van der Waals surface area contributed by atoms with Crippen LogP contribution in [0.15, 0.2) is 20.1 Å². The van der Waals surface area contributed by atoms with Gasteiger partial charge in [-0.15, -0.1) is 24.0 Å². The summed E-state index contributed by atoms with van der Waals surface area (Å²) in [6.45, 7) is 7.35. The molecule has 0 aliphatic heterocycles. The molecule has 0 unspecified atom stereocenters. The van der Waals surface area contributed by atoms with Gasteiger partial charge < -0.3 is 19.7 Å². The van der Waals surface area contributed by atoms with Crippen molar-refractivity contribution in [1.29, 1.82) is 0 Å². The number of nitrogens with one attached hydrogen (secondary N) is 2. The first-order chi connectivity index (χ1) is 11.2. The summed E-state index contributed by atoms with van der Waals surface area (Å²) in [5.74, 6) is 2.41. The first-order valence-corrected chi connectivity index (χ1v) is 8.06. The molecular formula is C16H26IN5O2. The number of halogens is 1. The monoisotopic (exact) mass is 447 g/mol. The van der Waals surface area contributed by atoms with Crippen LogP contribution < -0.4 is 10.6 Å². The van der Waals surface area contributed by atoms with Gasteiger partial charge in [0, 0.05) is 31.6 Å². The van der Waals surface area contributed by atoms with Gasteiger partial charge in [0.25, 0.3) is 0 Å². The highest BCUT2D eigenvalue weighted by atomic mass is 127. The van der Waals surface area contributed by atoms with Crippen LogP contribution in [-0.4, -0.2) is 23.3 Å². The number of aryl methyl sites for hydroxylation is 3. The van der Waals surface area contributed by atoms with Crippen molar-refractivity contribution in [2.75, 3.05) is 7.05 Å². The number of hydrogen-bond donors (Lipinski definition) is 2. The second-order valence-corrected chi connectivity index (χ2v) is 5.16. The Morgan fingerprint density at radius 2 is 1.79 bits per heavy atom. The smallest absolute Gasteiger partial charge is 0.191 e. The van der Waals surface area contributed by atoms with Crippen LogP contribution >= 0.6 is 24.0 Å². The third-order valence-electron chi connectivity index (χ3n) is 3.66. The van der Waals surface area contributed by atoms with Gasteiger partial charge in [-0.2, -0.15) is 0 Å². The molecule has 2 heterocycles. The molecule has 2 aromatic rings. The summed E-state index contributed by atoms with van der Waals surface area (Å²) < 4.78 is 10.6. The lowest BCUT2D eigenvalue weighted by atomic mass is 10.1. The van der Waals surface area contributed by atoms with Crippen LogP contribution in [0, 0.1) is 0 Å². The SMILES string of the molecule is CCc1cc(CNC(=NC)NCc2c(CC)noc2CC)on1.I. The van der Waals surface area contributed by atoms with Crippen molar-refractivity contribution in [3.63, 3.8) is 0 Å². The molecule has 134 valence electrons. The minimum absolute atomic E-state index is 0. The standard InChI is InChI=1S/C16H25N5O2.HI/c1-5-11-8-12(22-20-11)9-18-16(17-4)19-10-13-14(6-2)21-23-15(13)7-3;/h8H,5-7,9-10H2,1-4H3,(H2,17,18,19);1H. The Morgan fingerprint density at radius 3 is 2.38 bits per heavy atom.